The van der Waals surface area contributed by atoms with Gasteiger partial charge in [-0.25, -0.2) is 9.97 Å². The molecule has 2 heterocycles. The molecule has 1 amide bonds. The van der Waals surface area contributed by atoms with Crippen LogP contribution in [-0.2, 0) is 4.79 Å². The Kier molecular flexibility index (Phi) is 4.16. The van der Waals surface area contributed by atoms with Crippen molar-refractivity contribution in [1.82, 2.24) is 20.2 Å². The molecule has 0 unspecified atom stereocenters. The summed E-state index contributed by atoms with van der Waals surface area (Å²) >= 11 is 6.94. The number of rotatable bonds is 4. The van der Waals surface area contributed by atoms with Gasteiger partial charge in [0.2, 0.25) is 11.1 Å². The number of aromatic amines is 1. The van der Waals surface area contributed by atoms with E-state index in [4.69, 9.17) is 11.6 Å². The van der Waals surface area contributed by atoms with E-state index in [0.29, 0.717) is 16.0 Å². The fourth-order valence-electron chi connectivity index (χ4n) is 1.15. The van der Waals surface area contributed by atoms with Crippen molar-refractivity contribution in [3.05, 3.63) is 29.2 Å². The van der Waals surface area contributed by atoms with Gasteiger partial charge in [0.1, 0.15) is 11.6 Å². The molecule has 0 spiro atoms. The van der Waals surface area contributed by atoms with Crippen LogP contribution in [0.3, 0.4) is 0 Å². The van der Waals surface area contributed by atoms with Gasteiger partial charge in [0.15, 0.2) is 0 Å². The first kappa shape index (κ1) is 12.8. The summed E-state index contributed by atoms with van der Waals surface area (Å²) in [7, 11) is 0. The van der Waals surface area contributed by atoms with Gasteiger partial charge in [-0.1, -0.05) is 23.4 Å². The van der Waals surface area contributed by atoms with Crippen molar-refractivity contribution >= 4 is 35.1 Å². The Morgan fingerprint density at radius 1 is 1.56 bits per heavy atom. The maximum Gasteiger partial charge on any atom is 0.236 e. The maximum atomic E-state index is 11.6. The number of anilines is 1. The lowest BCUT2D eigenvalue weighted by Crippen LogP contribution is -2.14. The fraction of sp³-hybridized carbons (Fsp3) is 0.200. The summed E-state index contributed by atoms with van der Waals surface area (Å²) in [6, 6.07) is 3.30. The van der Waals surface area contributed by atoms with E-state index in [-0.39, 0.29) is 11.7 Å². The number of aryl methyl sites for hydroxylation is 1. The Hall–Kier alpha value is -1.60. The average molecular weight is 284 g/mol. The number of hydrogen-bond acceptors (Lipinski definition) is 5. The first-order valence-electron chi connectivity index (χ1n) is 5.07. The average Bonchev–Trinajstić information content (AvgIpc) is 2.76. The third-order valence-electron chi connectivity index (χ3n) is 1.90. The molecule has 0 aliphatic rings. The molecule has 8 heteroatoms. The van der Waals surface area contributed by atoms with Crippen LogP contribution in [0.2, 0.25) is 5.02 Å². The second-order valence-electron chi connectivity index (χ2n) is 3.40. The summed E-state index contributed by atoms with van der Waals surface area (Å²) in [6.07, 6.45) is 1.48. The molecule has 0 bridgehead atoms. The molecule has 2 N–H and O–H groups in total. The monoisotopic (exact) mass is 283 g/mol. The third kappa shape index (κ3) is 3.71. The van der Waals surface area contributed by atoms with Gasteiger partial charge in [0.25, 0.3) is 0 Å². The van der Waals surface area contributed by atoms with Crippen molar-refractivity contribution in [2.24, 2.45) is 0 Å². The van der Waals surface area contributed by atoms with Crippen LogP contribution >= 0.6 is 23.4 Å². The van der Waals surface area contributed by atoms with Crippen molar-refractivity contribution in [3.8, 4) is 0 Å². The van der Waals surface area contributed by atoms with Crippen molar-refractivity contribution < 1.29 is 4.79 Å². The minimum absolute atomic E-state index is 0.169. The highest BCUT2D eigenvalue weighted by molar-refractivity contribution is 7.99. The second-order valence-corrected chi connectivity index (χ2v) is 4.78. The van der Waals surface area contributed by atoms with Crippen LogP contribution in [0.1, 0.15) is 5.82 Å². The lowest BCUT2D eigenvalue weighted by Gasteiger charge is -2.02. The van der Waals surface area contributed by atoms with Crippen molar-refractivity contribution in [2.75, 3.05) is 11.1 Å². The molecule has 18 heavy (non-hydrogen) atoms. The summed E-state index contributed by atoms with van der Waals surface area (Å²) in [5, 5.41) is 10.4. The van der Waals surface area contributed by atoms with Gasteiger partial charge in [-0.2, -0.15) is 0 Å². The molecule has 0 atom stereocenters. The summed E-state index contributed by atoms with van der Waals surface area (Å²) in [5.41, 5.74) is 0. The first-order chi connectivity index (χ1) is 8.63. The molecule has 2 aromatic heterocycles. The second kappa shape index (κ2) is 5.83. The highest BCUT2D eigenvalue weighted by atomic mass is 35.5. The number of nitrogens with zero attached hydrogens (tertiary/aromatic N) is 3. The van der Waals surface area contributed by atoms with Crippen LogP contribution in [0.4, 0.5) is 5.82 Å². The summed E-state index contributed by atoms with van der Waals surface area (Å²) in [6.45, 7) is 1.80. The first-order valence-corrected chi connectivity index (χ1v) is 6.43. The van der Waals surface area contributed by atoms with E-state index >= 15 is 0 Å². The molecule has 0 saturated carbocycles. The molecule has 0 fully saturated rings. The Morgan fingerprint density at radius 2 is 2.39 bits per heavy atom. The molecular formula is C10H10ClN5OS. The van der Waals surface area contributed by atoms with Gasteiger partial charge >= 0.3 is 0 Å². The van der Waals surface area contributed by atoms with Crippen molar-refractivity contribution in [2.45, 2.75) is 12.1 Å². The normalized spacial score (nSPS) is 10.3. The Bertz CT molecular complexity index is 541. The van der Waals surface area contributed by atoms with Crippen LogP contribution in [0.25, 0.3) is 0 Å². The topological polar surface area (TPSA) is 83.6 Å². The quantitative estimate of drug-likeness (QED) is 0.837. The molecule has 6 nitrogen and oxygen atoms in total. The van der Waals surface area contributed by atoms with Gasteiger partial charge in [-0.3, -0.25) is 9.89 Å². The largest absolute Gasteiger partial charge is 0.310 e. The molecule has 0 radical (unpaired) electrons. The summed E-state index contributed by atoms with van der Waals surface area (Å²) in [5.74, 6) is 1.24. The third-order valence-corrected chi connectivity index (χ3v) is 2.97. The van der Waals surface area contributed by atoms with Gasteiger partial charge in [-0.05, 0) is 19.1 Å². The minimum Gasteiger partial charge on any atom is -0.310 e. The summed E-state index contributed by atoms with van der Waals surface area (Å²) in [4.78, 5) is 19.7. The van der Waals surface area contributed by atoms with Gasteiger partial charge in [0, 0.05) is 6.20 Å². The smallest absolute Gasteiger partial charge is 0.236 e. The number of aromatic nitrogens is 4. The van der Waals surface area contributed by atoms with E-state index < -0.39 is 0 Å². The van der Waals surface area contributed by atoms with Crippen LogP contribution < -0.4 is 5.32 Å². The van der Waals surface area contributed by atoms with Crippen molar-refractivity contribution in [3.63, 3.8) is 0 Å². The van der Waals surface area contributed by atoms with E-state index in [1.165, 1.54) is 18.0 Å². The number of H-pyrrole nitrogens is 1. The lowest BCUT2D eigenvalue weighted by atomic mass is 10.4. The lowest BCUT2D eigenvalue weighted by molar-refractivity contribution is -0.113. The van der Waals surface area contributed by atoms with E-state index in [9.17, 15) is 4.79 Å². The zero-order valence-corrected chi connectivity index (χ0v) is 11.0. The molecule has 0 aliphatic heterocycles. The van der Waals surface area contributed by atoms with Gasteiger partial charge < -0.3 is 5.32 Å². The van der Waals surface area contributed by atoms with E-state index in [0.717, 1.165) is 5.82 Å². The maximum absolute atomic E-state index is 11.6. The Labute approximate surface area is 113 Å². The number of carbonyl (C=O) groups is 1. The Balaban J connectivity index is 1.83. The molecule has 0 aromatic carbocycles. The van der Waals surface area contributed by atoms with E-state index in [1.807, 2.05) is 0 Å². The zero-order valence-electron chi connectivity index (χ0n) is 9.48. The number of carbonyl (C=O) groups excluding carboxylic acids is 1. The molecule has 94 valence electrons. The molecular weight excluding hydrogens is 274 g/mol. The number of halogens is 1. The van der Waals surface area contributed by atoms with Gasteiger partial charge in [-0.15, -0.1) is 5.10 Å². The highest BCUT2D eigenvalue weighted by Crippen LogP contribution is 2.13. The highest BCUT2D eigenvalue weighted by Gasteiger charge is 2.07. The molecule has 0 saturated heterocycles. The minimum atomic E-state index is -0.169. The van der Waals surface area contributed by atoms with Crippen molar-refractivity contribution in [1.29, 1.82) is 0 Å². The predicted octanol–water partition coefficient (Wildman–Crippen LogP) is 1.89. The number of pyridine rings is 1. The Morgan fingerprint density at radius 3 is 3.00 bits per heavy atom. The number of thioether (sulfide) groups is 1. The van der Waals surface area contributed by atoms with Crippen LogP contribution in [0.15, 0.2) is 23.5 Å². The molecule has 2 rings (SSSR count). The SMILES string of the molecule is Cc1nc(SCC(=O)Nc2ccc(Cl)cn2)n[nH]1. The molecule has 0 aliphatic carbocycles. The predicted molar refractivity (Wildman–Crippen MR) is 69.7 cm³/mol. The standard InChI is InChI=1S/C10H10ClN5OS/c1-6-13-10(16-15-6)18-5-9(17)14-8-3-2-7(11)4-12-8/h2-4H,5H2,1H3,(H,12,14,17)(H,13,15,16). The number of hydrogen-bond donors (Lipinski definition) is 2. The van der Waals surface area contributed by atoms with Crippen LogP contribution in [-0.4, -0.2) is 31.8 Å². The van der Waals surface area contributed by atoms with Crippen LogP contribution in [0, 0.1) is 6.92 Å². The van der Waals surface area contributed by atoms with Crippen LogP contribution in [0.5, 0.6) is 0 Å². The zero-order chi connectivity index (χ0) is 13.0. The van der Waals surface area contributed by atoms with Gasteiger partial charge in [0.05, 0.1) is 10.8 Å². The summed E-state index contributed by atoms with van der Waals surface area (Å²) < 4.78 is 0. The van der Waals surface area contributed by atoms with E-state index in [1.54, 1.807) is 19.1 Å². The number of nitrogens with one attached hydrogen (secondary N) is 2. The molecule has 2 aromatic rings. The number of amides is 1. The fourth-order valence-corrected chi connectivity index (χ4v) is 1.90. The van der Waals surface area contributed by atoms with E-state index in [2.05, 4.69) is 25.5 Å².